The first kappa shape index (κ1) is 15.8. The highest BCUT2D eigenvalue weighted by atomic mass is 32.2. The van der Waals surface area contributed by atoms with Gasteiger partial charge in [0.05, 0.1) is 18.0 Å². The standard InChI is InChI=1S/C12H24O3S/c1-11(2,3)14-7-8-16-9-10(13)15-12(4,5)6/h7-9H2,1-6H3. The Kier molecular flexibility index (Phi) is 6.41. The molecule has 0 saturated carbocycles. The molecule has 0 spiro atoms. The van der Waals surface area contributed by atoms with Crippen LogP contribution in [-0.4, -0.2) is 35.3 Å². The van der Waals surface area contributed by atoms with E-state index in [1.54, 1.807) is 11.8 Å². The van der Waals surface area contributed by atoms with Crippen LogP contribution in [0.1, 0.15) is 41.5 Å². The summed E-state index contributed by atoms with van der Waals surface area (Å²) in [6.45, 7) is 12.3. The molecule has 0 atom stereocenters. The average molecular weight is 248 g/mol. The third-order valence-electron chi connectivity index (χ3n) is 1.40. The molecule has 0 N–H and O–H groups in total. The Balaban J connectivity index is 3.50. The van der Waals surface area contributed by atoms with Gasteiger partial charge in [-0.3, -0.25) is 4.79 Å². The van der Waals surface area contributed by atoms with Crippen molar-refractivity contribution in [3.8, 4) is 0 Å². The lowest BCUT2D eigenvalue weighted by Gasteiger charge is -2.20. The van der Waals surface area contributed by atoms with Crippen LogP contribution in [0.3, 0.4) is 0 Å². The van der Waals surface area contributed by atoms with Crippen molar-refractivity contribution in [2.24, 2.45) is 0 Å². The summed E-state index contributed by atoms with van der Waals surface area (Å²) in [6, 6.07) is 0. The first-order valence-corrected chi connectivity index (χ1v) is 6.69. The number of ether oxygens (including phenoxy) is 2. The van der Waals surface area contributed by atoms with Crippen molar-refractivity contribution < 1.29 is 14.3 Å². The molecule has 0 amide bonds. The normalized spacial score (nSPS) is 12.6. The SMILES string of the molecule is CC(C)(C)OCCSCC(=O)OC(C)(C)C. The van der Waals surface area contributed by atoms with Gasteiger partial charge in [0.1, 0.15) is 5.60 Å². The Morgan fingerprint density at radius 2 is 1.62 bits per heavy atom. The van der Waals surface area contributed by atoms with Crippen LogP contribution in [0.2, 0.25) is 0 Å². The van der Waals surface area contributed by atoms with Crippen molar-refractivity contribution in [1.29, 1.82) is 0 Å². The lowest BCUT2D eigenvalue weighted by atomic mass is 10.2. The maximum Gasteiger partial charge on any atom is 0.316 e. The number of hydrogen-bond donors (Lipinski definition) is 0. The van der Waals surface area contributed by atoms with Crippen LogP contribution in [0, 0.1) is 0 Å². The zero-order valence-electron chi connectivity index (χ0n) is 11.3. The van der Waals surface area contributed by atoms with E-state index < -0.39 is 0 Å². The van der Waals surface area contributed by atoms with Gasteiger partial charge in [-0.25, -0.2) is 0 Å². The first-order valence-electron chi connectivity index (χ1n) is 5.54. The predicted molar refractivity (Wildman–Crippen MR) is 68.9 cm³/mol. The van der Waals surface area contributed by atoms with E-state index in [9.17, 15) is 4.79 Å². The third-order valence-corrected chi connectivity index (χ3v) is 2.30. The zero-order chi connectivity index (χ0) is 12.8. The molecule has 4 heteroatoms. The van der Waals surface area contributed by atoms with Crippen molar-refractivity contribution in [2.75, 3.05) is 18.1 Å². The molecule has 16 heavy (non-hydrogen) atoms. The molecule has 0 aliphatic heterocycles. The molecule has 0 aromatic heterocycles. The van der Waals surface area contributed by atoms with E-state index in [4.69, 9.17) is 9.47 Å². The van der Waals surface area contributed by atoms with Crippen LogP contribution >= 0.6 is 11.8 Å². The number of carbonyl (C=O) groups excluding carboxylic acids is 1. The third kappa shape index (κ3) is 11.9. The highest BCUT2D eigenvalue weighted by molar-refractivity contribution is 7.99. The summed E-state index contributed by atoms with van der Waals surface area (Å²) in [5, 5.41) is 0. The molecule has 0 heterocycles. The number of rotatable bonds is 5. The Morgan fingerprint density at radius 3 is 2.06 bits per heavy atom. The topological polar surface area (TPSA) is 35.5 Å². The van der Waals surface area contributed by atoms with Gasteiger partial charge in [0.2, 0.25) is 0 Å². The second-order valence-electron chi connectivity index (χ2n) is 5.60. The minimum Gasteiger partial charge on any atom is -0.459 e. The summed E-state index contributed by atoms with van der Waals surface area (Å²) in [6.07, 6.45) is 0. The van der Waals surface area contributed by atoms with E-state index in [-0.39, 0.29) is 17.2 Å². The molecule has 0 fully saturated rings. The van der Waals surface area contributed by atoms with Crippen molar-refractivity contribution >= 4 is 17.7 Å². The largest absolute Gasteiger partial charge is 0.459 e. The van der Waals surface area contributed by atoms with Crippen LogP contribution in [0.15, 0.2) is 0 Å². The van der Waals surface area contributed by atoms with Gasteiger partial charge in [-0.1, -0.05) is 0 Å². The predicted octanol–water partition coefficient (Wildman–Crippen LogP) is 2.88. The molecule has 0 saturated heterocycles. The highest BCUT2D eigenvalue weighted by Gasteiger charge is 2.16. The first-order chi connectivity index (χ1) is 7.10. The second kappa shape index (κ2) is 6.50. The Hall–Kier alpha value is -0.220. The van der Waals surface area contributed by atoms with Gasteiger partial charge in [0.15, 0.2) is 0 Å². The number of thioether (sulfide) groups is 1. The fourth-order valence-corrected chi connectivity index (χ4v) is 1.50. The molecule has 0 bridgehead atoms. The Labute approximate surface area is 103 Å². The minimum atomic E-state index is -0.389. The summed E-state index contributed by atoms with van der Waals surface area (Å²) in [4.78, 5) is 11.3. The maximum atomic E-state index is 11.3. The van der Waals surface area contributed by atoms with Crippen LogP contribution in [0.25, 0.3) is 0 Å². The molecular weight excluding hydrogens is 224 g/mol. The summed E-state index contributed by atoms with van der Waals surface area (Å²) in [5.41, 5.74) is -0.494. The fraction of sp³-hybridized carbons (Fsp3) is 0.917. The van der Waals surface area contributed by atoms with E-state index in [0.29, 0.717) is 12.4 Å². The summed E-state index contributed by atoms with van der Waals surface area (Å²) in [7, 11) is 0. The molecule has 96 valence electrons. The van der Waals surface area contributed by atoms with Crippen LogP contribution in [0.5, 0.6) is 0 Å². The van der Waals surface area contributed by atoms with Crippen LogP contribution < -0.4 is 0 Å². The minimum absolute atomic E-state index is 0.105. The quantitative estimate of drug-likeness (QED) is 0.553. The van der Waals surface area contributed by atoms with Gasteiger partial charge in [-0.05, 0) is 41.5 Å². The summed E-state index contributed by atoms with van der Waals surface area (Å²) in [5.74, 6) is 1.05. The van der Waals surface area contributed by atoms with Gasteiger partial charge >= 0.3 is 5.97 Å². The zero-order valence-corrected chi connectivity index (χ0v) is 12.1. The molecular formula is C12H24O3S. The molecule has 0 aliphatic rings. The molecule has 0 aliphatic carbocycles. The summed E-state index contributed by atoms with van der Waals surface area (Å²) >= 11 is 1.54. The van der Waals surface area contributed by atoms with Gasteiger partial charge in [-0.15, -0.1) is 11.8 Å². The lowest BCUT2D eigenvalue weighted by Crippen LogP contribution is -2.25. The van der Waals surface area contributed by atoms with Crippen LogP contribution in [0.4, 0.5) is 0 Å². The van der Waals surface area contributed by atoms with E-state index in [1.807, 2.05) is 41.5 Å². The van der Waals surface area contributed by atoms with E-state index in [2.05, 4.69) is 0 Å². The molecule has 0 unspecified atom stereocenters. The van der Waals surface area contributed by atoms with Crippen LogP contribution in [-0.2, 0) is 14.3 Å². The second-order valence-corrected chi connectivity index (χ2v) is 6.71. The molecule has 0 aromatic carbocycles. The Bertz CT molecular complexity index is 213. The number of hydrogen-bond acceptors (Lipinski definition) is 4. The fourth-order valence-electron chi connectivity index (χ4n) is 0.933. The average Bonchev–Trinajstić information content (AvgIpc) is 1.97. The smallest absolute Gasteiger partial charge is 0.316 e. The molecule has 3 nitrogen and oxygen atoms in total. The maximum absolute atomic E-state index is 11.3. The van der Waals surface area contributed by atoms with Crippen molar-refractivity contribution in [3.63, 3.8) is 0 Å². The van der Waals surface area contributed by atoms with Crippen molar-refractivity contribution in [3.05, 3.63) is 0 Å². The lowest BCUT2D eigenvalue weighted by molar-refractivity contribution is -0.151. The monoisotopic (exact) mass is 248 g/mol. The van der Waals surface area contributed by atoms with E-state index in [0.717, 1.165) is 5.75 Å². The van der Waals surface area contributed by atoms with Gasteiger partial charge in [0, 0.05) is 5.75 Å². The van der Waals surface area contributed by atoms with E-state index in [1.165, 1.54) is 0 Å². The van der Waals surface area contributed by atoms with Crippen molar-refractivity contribution in [1.82, 2.24) is 0 Å². The Morgan fingerprint density at radius 1 is 1.06 bits per heavy atom. The van der Waals surface area contributed by atoms with E-state index >= 15 is 0 Å². The van der Waals surface area contributed by atoms with Gasteiger partial charge in [-0.2, -0.15) is 0 Å². The van der Waals surface area contributed by atoms with Gasteiger partial charge < -0.3 is 9.47 Å². The molecule has 0 aromatic rings. The molecule has 0 rings (SSSR count). The van der Waals surface area contributed by atoms with Crippen molar-refractivity contribution in [2.45, 2.75) is 52.7 Å². The highest BCUT2D eigenvalue weighted by Crippen LogP contribution is 2.11. The number of carbonyl (C=O) groups is 1. The number of esters is 1. The summed E-state index contributed by atoms with van der Waals surface area (Å²) < 4.78 is 10.7. The van der Waals surface area contributed by atoms with Gasteiger partial charge in [0.25, 0.3) is 0 Å². The molecule has 0 radical (unpaired) electrons.